The predicted molar refractivity (Wildman–Crippen MR) is 139 cm³/mol. The maximum atomic E-state index is 13.7. The van der Waals surface area contributed by atoms with Crippen LogP contribution in [0, 0.1) is 11.6 Å². The van der Waals surface area contributed by atoms with E-state index in [9.17, 15) is 23.2 Å². The molecule has 0 aliphatic carbocycles. The van der Waals surface area contributed by atoms with Gasteiger partial charge in [-0.15, -0.1) is 0 Å². The molecule has 3 aromatic rings. The van der Waals surface area contributed by atoms with Gasteiger partial charge in [0, 0.05) is 31.7 Å². The van der Waals surface area contributed by atoms with Crippen LogP contribution >= 0.6 is 11.6 Å². The van der Waals surface area contributed by atoms with Crippen molar-refractivity contribution >= 4 is 46.3 Å². The highest BCUT2D eigenvalue weighted by atomic mass is 35.5. The summed E-state index contributed by atoms with van der Waals surface area (Å²) in [5, 5.41) is 8.75. The molecule has 5 N–H and O–H groups in total. The summed E-state index contributed by atoms with van der Waals surface area (Å²) < 4.78 is 32.5. The van der Waals surface area contributed by atoms with Gasteiger partial charge in [-0.2, -0.15) is 0 Å². The quantitative estimate of drug-likeness (QED) is 0.279. The zero-order chi connectivity index (χ0) is 27.7. The smallest absolute Gasteiger partial charge is 0.412 e. The first-order valence-electron chi connectivity index (χ1n) is 11.6. The number of likely N-dealkylation sites (N-methyl/N-ethyl adjacent to an activating group) is 1. The number of halogens is 3. The number of primary amides is 1. The van der Waals surface area contributed by atoms with Crippen LogP contribution in [0.3, 0.4) is 0 Å². The van der Waals surface area contributed by atoms with E-state index in [0.29, 0.717) is 29.2 Å². The maximum absolute atomic E-state index is 13.7. The highest BCUT2D eigenvalue weighted by Crippen LogP contribution is 2.20. The average Bonchev–Trinajstić information content (AvgIpc) is 2.88. The molecule has 1 atom stereocenters. The molecule has 38 heavy (non-hydrogen) atoms. The van der Waals surface area contributed by atoms with Crippen molar-refractivity contribution in [2.24, 2.45) is 5.73 Å². The number of carbonyl (C=O) groups is 3. The molecular formula is C25H27ClF2N6O4. The molecule has 0 saturated heterocycles. The molecule has 1 aromatic heterocycles. The number of pyridine rings is 1. The van der Waals surface area contributed by atoms with Crippen LogP contribution in [-0.4, -0.2) is 54.3 Å². The van der Waals surface area contributed by atoms with Crippen molar-refractivity contribution in [1.29, 1.82) is 0 Å². The van der Waals surface area contributed by atoms with E-state index in [1.807, 2.05) is 0 Å². The topological polar surface area (TPSA) is 139 Å². The van der Waals surface area contributed by atoms with Crippen molar-refractivity contribution in [3.63, 3.8) is 0 Å². The van der Waals surface area contributed by atoms with Gasteiger partial charge in [0.15, 0.2) is 0 Å². The molecule has 3 rings (SSSR count). The molecule has 5 amide bonds. The molecule has 0 unspecified atom stereocenters. The van der Waals surface area contributed by atoms with Gasteiger partial charge in [0.1, 0.15) is 24.1 Å². The monoisotopic (exact) mass is 548 g/mol. The Morgan fingerprint density at radius 1 is 1.13 bits per heavy atom. The molecule has 0 aliphatic rings. The van der Waals surface area contributed by atoms with Crippen LogP contribution in [0.4, 0.5) is 29.0 Å². The van der Waals surface area contributed by atoms with Crippen LogP contribution in [0.15, 0.2) is 48.7 Å². The zero-order valence-electron chi connectivity index (χ0n) is 20.5. The van der Waals surface area contributed by atoms with Gasteiger partial charge in [0.05, 0.1) is 11.1 Å². The zero-order valence-corrected chi connectivity index (χ0v) is 21.2. The number of hydrogen-bond donors (Lipinski definition) is 4. The molecule has 0 aliphatic heterocycles. The summed E-state index contributed by atoms with van der Waals surface area (Å²) in [4.78, 5) is 41.6. The first kappa shape index (κ1) is 28.4. The first-order chi connectivity index (χ1) is 18.1. The molecule has 13 heteroatoms. The SMILES string of the molecule is CN(C(=O)NCc1cccc(F)c1Cl)[C@@H](CCCNC(N)=O)COC(=O)Nc1cc2cc(F)ccc2cn1. The van der Waals surface area contributed by atoms with Crippen LogP contribution in [0.25, 0.3) is 10.8 Å². The number of benzene rings is 2. The van der Waals surface area contributed by atoms with Crippen molar-refractivity contribution in [2.45, 2.75) is 25.4 Å². The number of nitrogens with one attached hydrogen (secondary N) is 3. The van der Waals surface area contributed by atoms with E-state index in [1.165, 1.54) is 48.5 Å². The number of ether oxygens (including phenoxy) is 1. The van der Waals surface area contributed by atoms with Crippen LogP contribution in [0.2, 0.25) is 5.02 Å². The van der Waals surface area contributed by atoms with E-state index in [0.717, 1.165) is 0 Å². The summed E-state index contributed by atoms with van der Waals surface area (Å²) in [6.45, 7) is 0.0461. The number of hydrogen-bond acceptors (Lipinski definition) is 5. The number of rotatable bonds is 10. The molecular weight excluding hydrogens is 522 g/mol. The van der Waals surface area contributed by atoms with E-state index < -0.39 is 35.8 Å². The minimum absolute atomic E-state index is 0.0225. The largest absolute Gasteiger partial charge is 0.447 e. The molecule has 0 spiro atoms. The van der Waals surface area contributed by atoms with Gasteiger partial charge in [-0.05, 0) is 54.1 Å². The number of amides is 5. The summed E-state index contributed by atoms with van der Waals surface area (Å²) in [5.41, 5.74) is 5.48. The van der Waals surface area contributed by atoms with Crippen LogP contribution in [0.1, 0.15) is 18.4 Å². The Hall–Kier alpha value is -4.19. The van der Waals surface area contributed by atoms with Crippen LogP contribution < -0.4 is 21.7 Å². The van der Waals surface area contributed by atoms with Gasteiger partial charge in [0.25, 0.3) is 0 Å². The lowest BCUT2D eigenvalue weighted by molar-refractivity contribution is 0.113. The first-order valence-corrected chi connectivity index (χ1v) is 12.0. The number of carbonyl (C=O) groups excluding carboxylic acids is 3. The lowest BCUT2D eigenvalue weighted by atomic mass is 10.1. The number of aromatic nitrogens is 1. The second-order valence-corrected chi connectivity index (χ2v) is 8.73. The third-order valence-corrected chi connectivity index (χ3v) is 6.09. The van der Waals surface area contributed by atoms with Crippen molar-refractivity contribution in [3.8, 4) is 0 Å². The van der Waals surface area contributed by atoms with E-state index in [2.05, 4.69) is 20.9 Å². The number of nitrogens with two attached hydrogens (primary N) is 1. The molecule has 2 aromatic carbocycles. The predicted octanol–water partition coefficient (Wildman–Crippen LogP) is 4.37. The van der Waals surface area contributed by atoms with Crippen molar-refractivity contribution in [3.05, 3.63) is 70.9 Å². The second-order valence-electron chi connectivity index (χ2n) is 8.35. The Bertz CT molecular complexity index is 1310. The van der Waals surface area contributed by atoms with Crippen molar-refractivity contribution < 1.29 is 27.9 Å². The summed E-state index contributed by atoms with van der Waals surface area (Å²) in [5.74, 6) is -0.864. The van der Waals surface area contributed by atoms with Gasteiger partial charge in [-0.25, -0.2) is 28.1 Å². The van der Waals surface area contributed by atoms with E-state index in [-0.39, 0.29) is 30.5 Å². The van der Waals surface area contributed by atoms with E-state index in [1.54, 1.807) is 12.1 Å². The maximum Gasteiger partial charge on any atom is 0.412 e. The number of anilines is 1. The Balaban J connectivity index is 1.60. The Morgan fingerprint density at radius 3 is 2.68 bits per heavy atom. The third-order valence-electron chi connectivity index (χ3n) is 5.66. The summed E-state index contributed by atoms with van der Waals surface area (Å²) in [6.07, 6.45) is 1.45. The van der Waals surface area contributed by atoms with Gasteiger partial charge >= 0.3 is 18.2 Å². The molecule has 1 heterocycles. The van der Waals surface area contributed by atoms with Gasteiger partial charge < -0.3 is 26.0 Å². The molecule has 0 saturated carbocycles. The molecule has 0 fully saturated rings. The number of fused-ring (bicyclic) bond motifs is 1. The van der Waals surface area contributed by atoms with Crippen molar-refractivity contribution in [2.75, 3.05) is 25.5 Å². The lowest BCUT2D eigenvalue weighted by Gasteiger charge is -2.28. The van der Waals surface area contributed by atoms with E-state index >= 15 is 0 Å². The molecule has 0 bridgehead atoms. The molecule has 0 radical (unpaired) electrons. The molecule has 10 nitrogen and oxygen atoms in total. The third kappa shape index (κ3) is 8.17. The Kier molecular flexibility index (Phi) is 9.99. The minimum Gasteiger partial charge on any atom is -0.447 e. The normalized spacial score (nSPS) is 11.5. The second kappa shape index (κ2) is 13.4. The van der Waals surface area contributed by atoms with Crippen molar-refractivity contribution in [1.82, 2.24) is 20.5 Å². The summed E-state index contributed by atoms with van der Waals surface area (Å²) in [7, 11) is 1.51. The summed E-state index contributed by atoms with van der Waals surface area (Å²) in [6, 6.07) is 8.19. The number of urea groups is 2. The van der Waals surface area contributed by atoms with Crippen LogP contribution in [0.5, 0.6) is 0 Å². The van der Waals surface area contributed by atoms with E-state index in [4.69, 9.17) is 22.1 Å². The lowest BCUT2D eigenvalue weighted by Crippen LogP contribution is -2.46. The van der Waals surface area contributed by atoms with Crippen LogP contribution in [-0.2, 0) is 11.3 Å². The molecule has 202 valence electrons. The summed E-state index contributed by atoms with van der Waals surface area (Å²) >= 11 is 5.95. The fraction of sp³-hybridized carbons (Fsp3) is 0.280. The van der Waals surface area contributed by atoms with Gasteiger partial charge in [-0.1, -0.05) is 23.7 Å². The highest BCUT2D eigenvalue weighted by Gasteiger charge is 2.22. The highest BCUT2D eigenvalue weighted by molar-refractivity contribution is 6.31. The number of nitrogens with zero attached hydrogens (tertiary/aromatic N) is 2. The fourth-order valence-electron chi connectivity index (χ4n) is 3.58. The Labute approximate surface area is 222 Å². The standard InChI is InChI=1S/C25H27ClF2N6O4/c1-34(24(36)32-13-16-4-2-6-20(28)22(16)26)19(5-3-9-30-23(29)35)14-38-25(37)33-21-11-17-10-18(27)8-7-15(17)12-31-21/h2,4,6-8,10-12,19H,3,5,9,13-14H2,1H3,(H,32,36)(H3,29,30,35)(H,31,33,37)/t19-/m0/s1. The minimum atomic E-state index is -0.825. The average molecular weight is 549 g/mol. The van der Waals surface area contributed by atoms with Gasteiger partial charge in [0.2, 0.25) is 0 Å². The van der Waals surface area contributed by atoms with Gasteiger partial charge in [-0.3, -0.25) is 5.32 Å². The fourth-order valence-corrected chi connectivity index (χ4v) is 3.77. The Morgan fingerprint density at radius 2 is 1.92 bits per heavy atom.